The van der Waals surface area contributed by atoms with Gasteiger partial charge >= 0.3 is 6.03 Å². The Bertz CT molecular complexity index is 1250. The molecule has 3 aliphatic rings. The Morgan fingerprint density at radius 3 is 2.45 bits per heavy atom. The van der Waals surface area contributed by atoms with Crippen LogP contribution in [0.2, 0.25) is 0 Å². The minimum absolute atomic E-state index is 0.110. The van der Waals surface area contributed by atoms with Gasteiger partial charge in [0.05, 0.1) is 44.1 Å². The number of urea groups is 1. The summed E-state index contributed by atoms with van der Waals surface area (Å²) in [5, 5.41) is 11.1. The number of ether oxygens (including phenoxy) is 3. The first-order valence-electron chi connectivity index (χ1n) is 13.3. The van der Waals surface area contributed by atoms with Crippen LogP contribution < -0.4 is 15.5 Å². The minimum atomic E-state index is -0.261. The van der Waals surface area contributed by atoms with Gasteiger partial charge < -0.3 is 29.7 Å². The summed E-state index contributed by atoms with van der Waals surface area (Å²) in [7, 11) is 1.59. The van der Waals surface area contributed by atoms with Crippen molar-refractivity contribution in [1.82, 2.24) is 30.0 Å². The van der Waals surface area contributed by atoms with Gasteiger partial charge in [0.2, 0.25) is 0 Å². The molecule has 0 spiro atoms. The predicted octanol–water partition coefficient (Wildman–Crippen LogP) is 2.09. The van der Waals surface area contributed by atoms with Crippen molar-refractivity contribution >= 4 is 28.6 Å². The average Bonchev–Trinajstić information content (AvgIpc) is 3.64. The topological polar surface area (TPSA) is 119 Å². The molecule has 0 atom stereocenters. The first-order chi connectivity index (χ1) is 18.7. The van der Waals surface area contributed by atoms with E-state index in [0.29, 0.717) is 37.9 Å². The van der Waals surface area contributed by atoms with Gasteiger partial charge in [-0.3, -0.25) is 4.90 Å². The number of morpholine rings is 1. The Morgan fingerprint density at radius 2 is 1.74 bits per heavy atom. The van der Waals surface area contributed by atoms with Gasteiger partial charge in [-0.1, -0.05) is 0 Å². The van der Waals surface area contributed by atoms with Crippen molar-refractivity contribution in [2.75, 3.05) is 76.4 Å². The zero-order valence-electron chi connectivity index (χ0n) is 21.6. The van der Waals surface area contributed by atoms with Crippen LogP contribution in [0.1, 0.15) is 18.9 Å². The second-order valence-electron chi connectivity index (χ2n) is 9.78. The van der Waals surface area contributed by atoms with Gasteiger partial charge in [-0.25, -0.2) is 19.4 Å². The second-order valence-corrected chi connectivity index (χ2v) is 9.78. The lowest BCUT2D eigenvalue weighted by Gasteiger charge is -2.33. The molecule has 38 heavy (non-hydrogen) atoms. The van der Waals surface area contributed by atoms with Crippen molar-refractivity contribution in [2.45, 2.75) is 25.2 Å². The van der Waals surface area contributed by atoms with Crippen molar-refractivity contribution in [3.05, 3.63) is 30.5 Å². The molecule has 1 aromatic carbocycles. The number of anilines is 2. The summed E-state index contributed by atoms with van der Waals surface area (Å²) in [6, 6.07) is 7.58. The molecule has 12 nitrogen and oxygen atoms in total. The van der Waals surface area contributed by atoms with Crippen LogP contribution >= 0.6 is 0 Å². The average molecular weight is 523 g/mol. The van der Waals surface area contributed by atoms with E-state index in [2.05, 4.69) is 25.1 Å². The van der Waals surface area contributed by atoms with Crippen LogP contribution in [0.5, 0.6) is 0 Å². The molecule has 6 rings (SSSR count). The number of nitrogens with one attached hydrogen (secondary N) is 2. The summed E-state index contributed by atoms with van der Waals surface area (Å²) in [5.74, 6) is 1.53. The number of hydrogen-bond acceptors (Lipinski definition) is 9. The van der Waals surface area contributed by atoms with E-state index >= 15 is 0 Å². The number of carbonyl (C=O) groups is 1. The van der Waals surface area contributed by atoms with Crippen molar-refractivity contribution in [2.24, 2.45) is 0 Å². The summed E-state index contributed by atoms with van der Waals surface area (Å²) >= 11 is 0. The van der Waals surface area contributed by atoms with Crippen molar-refractivity contribution in [3.63, 3.8) is 0 Å². The van der Waals surface area contributed by atoms with E-state index in [1.807, 2.05) is 30.5 Å². The first kappa shape index (κ1) is 25.0. The Labute approximate surface area is 221 Å². The summed E-state index contributed by atoms with van der Waals surface area (Å²) in [4.78, 5) is 26.4. The first-order valence-corrected chi connectivity index (χ1v) is 13.3. The molecule has 0 unspecified atom stereocenters. The molecule has 2 amide bonds. The fourth-order valence-corrected chi connectivity index (χ4v) is 5.29. The Morgan fingerprint density at radius 1 is 1.00 bits per heavy atom. The Kier molecular flexibility index (Phi) is 7.36. The number of aromatic nitrogens is 4. The van der Waals surface area contributed by atoms with Crippen molar-refractivity contribution in [3.8, 4) is 11.4 Å². The summed E-state index contributed by atoms with van der Waals surface area (Å²) in [6.45, 7) is 6.98. The van der Waals surface area contributed by atoms with Gasteiger partial charge in [-0.05, 0) is 37.1 Å². The van der Waals surface area contributed by atoms with E-state index in [1.54, 1.807) is 7.05 Å². The van der Waals surface area contributed by atoms with Gasteiger partial charge in [-0.15, -0.1) is 0 Å². The molecule has 5 heterocycles. The number of fused-ring (bicyclic) bond motifs is 1. The fraction of sp³-hybridized carbons (Fsp3) is 0.538. The lowest BCUT2D eigenvalue weighted by molar-refractivity contribution is -0.0658. The lowest BCUT2D eigenvalue weighted by Crippen LogP contribution is -2.40. The number of likely N-dealkylation sites (tertiary alicyclic amines) is 1. The normalized spacial score (nSPS) is 19.8. The molecule has 3 fully saturated rings. The molecular formula is C26H34N8O4. The molecule has 0 aliphatic carbocycles. The molecule has 12 heteroatoms. The maximum atomic E-state index is 11.7. The summed E-state index contributed by atoms with van der Waals surface area (Å²) in [5.41, 5.74) is 2.43. The van der Waals surface area contributed by atoms with Crippen LogP contribution in [-0.2, 0) is 14.2 Å². The second kappa shape index (κ2) is 11.2. The van der Waals surface area contributed by atoms with E-state index in [9.17, 15) is 4.79 Å². The number of hydrogen-bond donors (Lipinski definition) is 2. The van der Waals surface area contributed by atoms with Gasteiger partial charge in [-0.2, -0.15) is 5.10 Å². The SMILES string of the molecule is CNC(=O)Nc1ccc(-c2nc(N3CCOCC3)c3cnn(C4CCN(CC5OCCO5)CC4)c3n2)cc1. The number of piperidine rings is 1. The number of amides is 2. The highest BCUT2D eigenvalue weighted by atomic mass is 16.7. The highest BCUT2D eigenvalue weighted by Crippen LogP contribution is 2.32. The highest BCUT2D eigenvalue weighted by molar-refractivity contribution is 5.90. The molecule has 3 aromatic rings. The van der Waals surface area contributed by atoms with E-state index in [0.717, 1.165) is 68.0 Å². The van der Waals surface area contributed by atoms with Crippen LogP contribution in [0.4, 0.5) is 16.3 Å². The van der Waals surface area contributed by atoms with Gasteiger partial charge in [0.1, 0.15) is 5.82 Å². The molecule has 2 N–H and O–H groups in total. The molecule has 0 radical (unpaired) electrons. The summed E-state index contributed by atoms with van der Waals surface area (Å²) in [6.07, 6.45) is 3.76. The molecule has 202 valence electrons. The van der Waals surface area contributed by atoms with Gasteiger partial charge in [0.25, 0.3) is 0 Å². The molecule has 2 aromatic heterocycles. The quantitative estimate of drug-likeness (QED) is 0.502. The number of nitrogens with zero attached hydrogens (tertiary/aromatic N) is 6. The van der Waals surface area contributed by atoms with Gasteiger partial charge in [0, 0.05) is 51.0 Å². The predicted molar refractivity (Wildman–Crippen MR) is 142 cm³/mol. The monoisotopic (exact) mass is 522 g/mol. The third-order valence-electron chi connectivity index (χ3n) is 7.37. The van der Waals surface area contributed by atoms with E-state index < -0.39 is 0 Å². The number of benzene rings is 1. The molecule has 0 bridgehead atoms. The maximum Gasteiger partial charge on any atom is 0.318 e. The largest absolute Gasteiger partial charge is 0.378 e. The van der Waals surface area contributed by atoms with Crippen LogP contribution in [0.3, 0.4) is 0 Å². The molecular weight excluding hydrogens is 488 g/mol. The zero-order chi connectivity index (χ0) is 25.9. The van der Waals surface area contributed by atoms with Crippen LogP contribution in [-0.4, -0.2) is 103 Å². The van der Waals surface area contributed by atoms with Crippen LogP contribution in [0.15, 0.2) is 30.5 Å². The number of carbonyl (C=O) groups excluding carboxylic acids is 1. The third kappa shape index (κ3) is 5.30. The molecule has 3 aliphatic heterocycles. The van der Waals surface area contributed by atoms with E-state index in [1.165, 1.54) is 0 Å². The Balaban J connectivity index is 1.28. The summed E-state index contributed by atoms with van der Waals surface area (Å²) < 4.78 is 19.0. The smallest absolute Gasteiger partial charge is 0.318 e. The van der Waals surface area contributed by atoms with Crippen molar-refractivity contribution < 1.29 is 19.0 Å². The van der Waals surface area contributed by atoms with Crippen molar-refractivity contribution in [1.29, 1.82) is 0 Å². The van der Waals surface area contributed by atoms with E-state index in [4.69, 9.17) is 29.3 Å². The highest BCUT2D eigenvalue weighted by Gasteiger charge is 2.28. The zero-order valence-corrected chi connectivity index (χ0v) is 21.6. The molecule has 3 saturated heterocycles. The maximum absolute atomic E-state index is 11.7. The molecule has 0 saturated carbocycles. The standard InChI is InChI=1S/C26H34N8O4/c1-27-26(35)29-19-4-2-18(3-5-19)23-30-24(33-10-12-36-13-11-33)21-16-28-34(25(21)31-23)20-6-8-32(9-7-20)17-22-37-14-15-38-22/h2-5,16,20,22H,6-15,17H2,1H3,(H2,27,29,35). The number of rotatable bonds is 6. The van der Waals surface area contributed by atoms with Crippen LogP contribution in [0.25, 0.3) is 22.4 Å². The fourth-order valence-electron chi connectivity index (χ4n) is 5.29. The lowest BCUT2D eigenvalue weighted by atomic mass is 10.1. The van der Waals surface area contributed by atoms with E-state index in [-0.39, 0.29) is 18.4 Å². The van der Waals surface area contributed by atoms with Gasteiger partial charge in [0.15, 0.2) is 17.8 Å². The Hall–Kier alpha value is -3.32. The third-order valence-corrected chi connectivity index (χ3v) is 7.37. The minimum Gasteiger partial charge on any atom is -0.378 e. The van der Waals surface area contributed by atoms with Crippen LogP contribution in [0, 0.1) is 0 Å².